The number of aryl methyl sites for hydroxylation is 3. The zero-order valence-corrected chi connectivity index (χ0v) is 23.3. The van der Waals surface area contributed by atoms with Gasteiger partial charge in [0.2, 0.25) is 0 Å². The number of rotatable bonds is 12. The lowest BCUT2D eigenvalue weighted by atomic mass is 9.77. The van der Waals surface area contributed by atoms with Crippen molar-refractivity contribution in [3.05, 3.63) is 93.8 Å². The predicted molar refractivity (Wildman–Crippen MR) is 153 cm³/mol. The molecule has 3 aromatic carbocycles. The SMILES string of the molecule is CCCCCCc1ccc(CCC2CCC(CCc3cc(F)c(-c4ccc(Cl)c(F)c4)c(F)c3)CC2)cc1. The molecule has 1 saturated carbocycles. The normalized spacial score (nSPS) is 17.6. The topological polar surface area (TPSA) is 0 Å². The predicted octanol–water partition coefficient (Wildman–Crippen LogP) is 10.9. The smallest absolute Gasteiger partial charge is 0.142 e. The Morgan fingerprint density at radius 1 is 0.632 bits per heavy atom. The maximum absolute atomic E-state index is 14.8. The minimum atomic E-state index is -0.686. The van der Waals surface area contributed by atoms with Crippen LogP contribution >= 0.6 is 11.6 Å². The van der Waals surface area contributed by atoms with E-state index in [1.807, 2.05) is 0 Å². The van der Waals surface area contributed by atoms with Crippen LogP contribution in [0.2, 0.25) is 5.02 Å². The van der Waals surface area contributed by atoms with Crippen LogP contribution in [-0.2, 0) is 19.3 Å². The zero-order valence-electron chi connectivity index (χ0n) is 22.6. The Morgan fingerprint density at radius 3 is 1.74 bits per heavy atom. The summed E-state index contributed by atoms with van der Waals surface area (Å²) in [5.74, 6) is -0.623. The molecule has 0 unspecified atom stereocenters. The van der Waals surface area contributed by atoms with Crippen LogP contribution in [0.4, 0.5) is 13.2 Å². The molecule has 0 saturated heterocycles. The van der Waals surface area contributed by atoms with E-state index >= 15 is 0 Å². The van der Waals surface area contributed by atoms with Crippen LogP contribution < -0.4 is 0 Å². The number of halogens is 4. The molecule has 204 valence electrons. The second-order valence-corrected chi connectivity index (χ2v) is 11.6. The Bertz CT molecular complexity index is 1140. The first kappa shape index (κ1) is 28.7. The van der Waals surface area contributed by atoms with Crippen LogP contribution in [0.3, 0.4) is 0 Å². The summed E-state index contributed by atoms with van der Waals surface area (Å²) in [6.45, 7) is 2.25. The van der Waals surface area contributed by atoms with E-state index in [0.29, 0.717) is 17.9 Å². The summed E-state index contributed by atoms with van der Waals surface area (Å²) in [6.07, 6.45) is 15.3. The first-order chi connectivity index (χ1) is 18.4. The maximum atomic E-state index is 14.8. The third-order valence-corrected chi connectivity index (χ3v) is 8.61. The summed E-state index contributed by atoms with van der Waals surface area (Å²) in [5, 5.41) is -0.0666. The highest BCUT2D eigenvalue weighted by molar-refractivity contribution is 6.30. The molecule has 3 aromatic rings. The molecule has 0 aliphatic heterocycles. The van der Waals surface area contributed by atoms with Crippen molar-refractivity contribution in [2.45, 2.75) is 90.4 Å². The standard InChI is InChI=1S/C34H40ClF3/c1-2-3-4-5-6-24-7-9-25(10-8-24)11-12-26-13-15-27(16-14-26)17-18-28-21-32(37)34(33(38)22-28)29-19-20-30(35)31(36)23-29/h7-10,19-23,26-27H,2-6,11-18H2,1H3. The Balaban J connectivity index is 1.20. The molecule has 1 aliphatic carbocycles. The molecule has 0 amide bonds. The van der Waals surface area contributed by atoms with E-state index in [0.717, 1.165) is 24.8 Å². The summed E-state index contributed by atoms with van der Waals surface area (Å²) in [5.41, 5.74) is 3.52. The molecule has 0 atom stereocenters. The van der Waals surface area contributed by atoms with Crippen molar-refractivity contribution < 1.29 is 13.2 Å². The molecule has 0 radical (unpaired) electrons. The molecule has 4 heteroatoms. The van der Waals surface area contributed by atoms with Gasteiger partial charge in [0.05, 0.1) is 10.6 Å². The van der Waals surface area contributed by atoms with Gasteiger partial charge in [-0.3, -0.25) is 0 Å². The summed E-state index contributed by atoms with van der Waals surface area (Å²) in [6, 6.07) is 15.9. The van der Waals surface area contributed by atoms with Crippen molar-refractivity contribution in [2.24, 2.45) is 11.8 Å². The average Bonchev–Trinajstić information content (AvgIpc) is 2.91. The van der Waals surface area contributed by atoms with Crippen LogP contribution in [0.25, 0.3) is 11.1 Å². The van der Waals surface area contributed by atoms with E-state index in [1.54, 1.807) is 0 Å². The Kier molecular flexibility index (Phi) is 10.8. The Hall–Kier alpha value is -2.26. The molecule has 1 aliphatic rings. The van der Waals surface area contributed by atoms with Crippen molar-refractivity contribution >= 4 is 11.6 Å². The van der Waals surface area contributed by atoms with Gasteiger partial charge >= 0.3 is 0 Å². The van der Waals surface area contributed by atoms with Gasteiger partial charge < -0.3 is 0 Å². The highest BCUT2D eigenvalue weighted by Gasteiger charge is 2.22. The number of hydrogen-bond acceptors (Lipinski definition) is 0. The number of hydrogen-bond donors (Lipinski definition) is 0. The zero-order chi connectivity index (χ0) is 26.9. The number of benzene rings is 3. The molecule has 38 heavy (non-hydrogen) atoms. The molecular weight excluding hydrogens is 501 g/mol. The fraction of sp³-hybridized carbons (Fsp3) is 0.471. The van der Waals surface area contributed by atoms with Gasteiger partial charge in [0, 0.05) is 0 Å². The van der Waals surface area contributed by atoms with E-state index in [4.69, 9.17) is 11.6 Å². The third-order valence-electron chi connectivity index (χ3n) is 8.30. The third kappa shape index (κ3) is 8.12. The van der Waals surface area contributed by atoms with E-state index in [2.05, 4.69) is 31.2 Å². The molecule has 0 heterocycles. The van der Waals surface area contributed by atoms with Gasteiger partial charge in [-0.2, -0.15) is 0 Å². The maximum Gasteiger partial charge on any atom is 0.142 e. The monoisotopic (exact) mass is 540 g/mol. The fourth-order valence-electron chi connectivity index (χ4n) is 5.88. The van der Waals surface area contributed by atoms with Crippen molar-refractivity contribution in [2.75, 3.05) is 0 Å². The van der Waals surface area contributed by atoms with Gasteiger partial charge in [-0.25, -0.2) is 13.2 Å². The lowest BCUT2D eigenvalue weighted by molar-refractivity contribution is 0.253. The molecule has 0 N–H and O–H groups in total. The molecule has 1 fully saturated rings. The molecule has 0 spiro atoms. The molecule has 0 bridgehead atoms. The van der Waals surface area contributed by atoms with Crippen LogP contribution in [-0.4, -0.2) is 0 Å². The van der Waals surface area contributed by atoms with E-state index in [1.165, 1.54) is 99.6 Å². The second-order valence-electron chi connectivity index (χ2n) is 11.2. The summed E-state index contributed by atoms with van der Waals surface area (Å²) < 4.78 is 43.4. The second kappa shape index (κ2) is 14.2. The van der Waals surface area contributed by atoms with Crippen LogP contribution in [0.15, 0.2) is 54.6 Å². The summed E-state index contributed by atoms with van der Waals surface area (Å²) in [7, 11) is 0. The van der Waals surface area contributed by atoms with Gasteiger partial charge in [-0.1, -0.05) is 93.8 Å². The van der Waals surface area contributed by atoms with Gasteiger partial charge in [0.25, 0.3) is 0 Å². The highest BCUT2D eigenvalue weighted by Crippen LogP contribution is 2.35. The lowest BCUT2D eigenvalue weighted by Crippen LogP contribution is -2.16. The molecule has 0 nitrogen and oxygen atoms in total. The first-order valence-electron chi connectivity index (χ1n) is 14.4. The molecule has 0 aromatic heterocycles. The Morgan fingerprint density at radius 2 is 1.18 bits per heavy atom. The first-order valence-corrected chi connectivity index (χ1v) is 14.8. The quantitative estimate of drug-likeness (QED) is 0.200. The van der Waals surface area contributed by atoms with Gasteiger partial charge in [-0.05, 0) is 96.9 Å². The minimum Gasteiger partial charge on any atom is -0.206 e. The van der Waals surface area contributed by atoms with Crippen molar-refractivity contribution in [3.8, 4) is 11.1 Å². The number of unbranched alkanes of at least 4 members (excludes halogenated alkanes) is 3. The summed E-state index contributed by atoms with van der Waals surface area (Å²) in [4.78, 5) is 0. The fourth-order valence-corrected chi connectivity index (χ4v) is 5.99. The highest BCUT2D eigenvalue weighted by atomic mass is 35.5. The van der Waals surface area contributed by atoms with Crippen molar-refractivity contribution in [1.29, 1.82) is 0 Å². The van der Waals surface area contributed by atoms with Crippen LogP contribution in [0, 0.1) is 29.3 Å². The van der Waals surface area contributed by atoms with Gasteiger partial charge in [0.1, 0.15) is 17.5 Å². The van der Waals surface area contributed by atoms with E-state index in [9.17, 15) is 13.2 Å². The molecule has 4 rings (SSSR count). The average molecular weight is 541 g/mol. The van der Waals surface area contributed by atoms with Gasteiger partial charge in [0.15, 0.2) is 0 Å². The Labute approximate surface area is 231 Å². The summed E-state index contributed by atoms with van der Waals surface area (Å²) >= 11 is 5.71. The largest absolute Gasteiger partial charge is 0.206 e. The van der Waals surface area contributed by atoms with Crippen LogP contribution in [0.1, 0.15) is 87.8 Å². The van der Waals surface area contributed by atoms with Crippen LogP contribution in [0.5, 0.6) is 0 Å². The van der Waals surface area contributed by atoms with Crippen molar-refractivity contribution in [1.82, 2.24) is 0 Å². The lowest BCUT2D eigenvalue weighted by Gasteiger charge is -2.28. The van der Waals surface area contributed by atoms with E-state index in [-0.39, 0.29) is 16.1 Å². The van der Waals surface area contributed by atoms with Gasteiger partial charge in [-0.15, -0.1) is 0 Å². The molecular formula is C34H40ClF3. The van der Waals surface area contributed by atoms with E-state index < -0.39 is 17.5 Å². The minimum absolute atomic E-state index is 0.0666. The van der Waals surface area contributed by atoms with Crippen molar-refractivity contribution in [3.63, 3.8) is 0 Å².